The predicted octanol–water partition coefficient (Wildman–Crippen LogP) is 3.67. The van der Waals surface area contributed by atoms with Crippen molar-refractivity contribution in [1.29, 1.82) is 0 Å². The Hall–Kier alpha value is -0.990. The van der Waals surface area contributed by atoms with Crippen LogP contribution >= 0.6 is 7.60 Å². The molecule has 2 N–H and O–H groups in total. The van der Waals surface area contributed by atoms with Crippen molar-refractivity contribution in [2.75, 3.05) is 5.73 Å². The maximum Gasteiger partial charge on any atom is 0.381 e. The number of para-hydroxylation sites is 2. The molecule has 0 fully saturated rings. The van der Waals surface area contributed by atoms with Crippen molar-refractivity contribution in [1.82, 2.24) is 0 Å². The van der Waals surface area contributed by atoms with Crippen LogP contribution in [0, 0.1) is 0 Å². The fourth-order valence-corrected chi connectivity index (χ4v) is 2.77. The van der Waals surface area contributed by atoms with Crippen molar-refractivity contribution in [3.05, 3.63) is 24.3 Å². The van der Waals surface area contributed by atoms with Gasteiger partial charge in [0, 0.05) is 0 Å². The summed E-state index contributed by atoms with van der Waals surface area (Å²) in [4.78, 5) is 0. The second-order valence-electron chi connectivity index (χ2n) is 4.42. The first-order valence-corrected chi connectivity index (χ1v) is 7.28. The van der Waals surface area contributed by atoms with Crippen molar-refractivity contribution < 1.29 is 13.6 Å². The smallest absolute Gasteiger partial charge is 0.381 e. The van der Waals surface area contributed by atoms with Crippen LogP contribution in [0.3, 0.4) is 0 Å². The van der Waals surface area contributed by atoms with Gasteiger partial charge < -0.3 is 10.3 Å². The summed E-state index contributed by atoms with van der Waals surface area (Å²) in [5.41, 5.74) is 6.00. The number of rotatable bonds is 5. The van der Waals surface area contributed by atoms with Gasteiger partial charge in [0.15, 0.2) is 5.75 Å². The van der Waals surface area contributed by atoms with Gasteiger partial charge >= 0.3 is 7.60 Å². The average molecular weight is 257 g/mol. The first-order valence-electron chi connectivity index (χ1n) is 5.67. The van der Waals surface area contributed by atoms with E-state index >= 15 is 0 Å². The monoisotopic (exact) mass is 257 g/mol. The van der Waals surface area contributed by atoms with E-state index in [0.717, 1.165) is 0 Å². The van der Waals surface area contributed by atoms with Gasteiger partial charge in [-0.2, -0.15) is 0 Å². The summed E-state index contributed by atoms with van der Waals surface area (Å²) in [5.74, 6) is 0.408. The zero-order chi connectivity index (χ0) is 13.1. The summed E-state index contributed by atoms with van der Waals surface area (Å²) in [5, 5.41) is 0. The highest BCUT2D eigenvalue weighted by atomic mass is 31.2. The molecule has 0 radical (unpaired) electrons. The molecule has 17 heavy (non-hydrogen) atoms. The minimum atomic E-state index is -3.18. The van der Waals surface area contributed by atoms with E-state index < -0.39 is 7.60 Å². The van der Waals surface area contributed by atoms with Gasteiger partial charge in [0.05, 0.1) is 17.5 Å². The van der Waals surface area contributed by atoms with Gasteiger partial charge in [0.2, 0.25) is 0 Å². The van der Waals surface area contributed by atoms with E-state index in [0.29, 0.717) is 11.4 Å². The Labute approximate surface area is 103 Å². The van der Waals surface area contributed by atoms with E-state index in [1.165, 1.54) is 0 Å². The van der Waals surface area contributed by atoms with Crippen LogP contribution < -0.4 is 10.3 Å². The molecule has 1 atom stereocenters. The van der Waals surface area contributed by atoms with Crippen LogP contribution in [0.4, 0.5) is 5.69 Å². The Balaban J connectivity index is 2.96. The highest BCUT2D eigenvalue weighted by Crippen LogP contribution is 2.54. The zero-order valence-electron chi connectivity index (χ0n) is 10.7. The molecule has 0 spiro atoms. The standard InChI is InChI=1S/C12H20NO3P/c1-9(2)15-17(14,10(3)4)16-12-8-6-5-7-11(12)13/h5-10H,13H2,1-4H3. The Morgan fingerprint density at radius 2 is 1.76 bits per heavy atom. The Morgan fingerprint density at radius 3 is 2.24 bits per heavy atom. The van der Waals surface area contributed by atoms with Gasteiger partial charge in [-0.15, -0.1) is 0 Å². The van der Waals surface area contributed by atoms with Crippen molar-refractivity contribution in [2.45, 2.75) is 39.5 Å². The van der Waals surface area contributed by atoms with Gasteiger partial charge in [-0.25, -0.2) is 4.57 Å². The maximum absolute atomic E-state index is 12.5. The van der Waals surface area contributed by atoms with E-state index in [9.17, 15) is 4.57 Å². The van der Waals surface area contributed by atoms with Crippen LogP contribution in [0.5, 0.6) is 5.75 Å². The Morgan fingerprint density at radius 1 is 1.18 bits per heavy atom. The van der Waals surface area contributed by atoms with Crippen LogP contribution in [0.25, 0.3) is 0 Å². The van der Waals surface area contributed by atoms with Crippen molar-refractivity contribution in [3.8, 4) is 5.75 Å². The number of benzene rings is 1. The molecule has 0 aliphatic rings. The molecule has 1 unspecified atom stereocenters. The number of hydrogen-bond acceptors (Lipinski definition) is 4. The molecular formula is C12H20NO3P. The molecule has 0 aliphatic carbocycles. The summed E-state index contributed by atoms with van der Waals surface area (Å²) >= 11 is 0. The number of nitrogens with two attached hydrogens (primary N) is 1. The molecule has 1 aromatic carbocycles. The lowest BCUT2D eigenvalue weighted by molar-refractivity contribution is 0.205. The van der Waals surface area contributed by atoms with Crippen LogP contribution in [0.15, 0.2) is 24.3 Å². The van der Waals surface area contributed by atoms with Gasteiger partial charge in [-0.05, 0) is 26.0 Å². The van der Waals surface area contributed by atoms with Crippen LogP contribution in [0.2, 0.25) is 0 Å². The maximum atomic E-state index is 12.5. The molecule has 5 heteroatoms. The van der Waals surface area contributed by atoms with Crippen LogP contribution in [-0.2, 0) is 9.09 Å². The van der Waals surface area contributed by atoms with E-state index in [2.05, 4.69) is 0 Å². The van der Waals surface area contributed by atoms with Gasteiger partial charge in [-0.1, -0.05) is 26.0 Å². The summed E-state index contributed by atoms with van der Waals surface area (Å²) in [6, 6.07) is 6.97. The number of nitrogen functional groups attached to an aromatic ring is 1. The Bertz CT molecular complexity index is 418. The third kappa shape index (κ3) is 3.76. The van der Waals surface area contributed by atoms with Crippen molar-refractivity contribution in [2.24, 2.45) is 0 Å². The third-order valence-electron chi connectivity index (χ3n) is 2.13. The molecule has 0 saturated heterocycles. The Kier molecular flexibility index (Phi) is 4.61. The lowest BCUT2D eigenvalue weighted by Crippen LogP contribution is -2.13. The van der Waals surface area contributed by atoms with Gasteiger partial charge in [-0.3, -0.25) is 4.52 Å². The SMILES string of the molecule is CC(C)OP(=O)(Oc1ccccc1N)C(C)C. The molecule has 1 rings (SSSR count). The normalized spacial score (nSPS) is 14.9. The molecule has 0 amide bonds. The largest absolute Gasteiger partial charge is 0.422 e. The minimum absolute atomic E-state index is 0.159. The number of hydrogen-bond donors (Lipinski definition) is 1. The second kappa shape index (κ2) is 5.56. The lowest BCUT2D eigenvalue weighted by atomic mass is 10.3. The highest BCUT2D eigenvalue weighted by Gasteiger charge is 2.32. The summed E-state index contributed by atoms with van der Waals surface area (Å²) < 4.78 is 23.5. The zero-order valence-corrected chi connectivity index (χ0v) is 11.6. The molecule has 0 heterocycles. The molecule has 96 valence electrons. The third-order valence-corrected chi connectivity index (χ3v) is 4.57. The predicted molar refractivity (Wildman–Crippen MR) is 70.4 cm³/mol. The molecular weight excluding hydrogens is 237 g/mol. The first kappa shape index (κ1) is 14.1. The van der Waals surface area contributed by atoms with E-state index in [4.69, 9.17) is 14.8 Å². The fraction of sp³-hybridized carbons (Fsp3) is 0.500. The van der Waals surface area contributed by atoms with Crippen molar-refractivity contribution in [3.63, 3.8) is 0 Å². The van der Waals surface area contributed by atoms with Crippen LogP contribution in [0.1, 0.15) is 27.7 Å². The minimum Gasteiger partial charge on any atom is -0.422 e. The summed E-state index contributed by atoms with van der Waals surface area (Å²) in [6.45, 7) is 7.27. The summed E-state index contributed by atoms with van der Waals surface area (Å²) in [6.07, 6.45) is -0.159. The number of anilines is 1. The molecule has 1 aromatic rings. The van der Waals surface area contributed by atoms with Gasteiger partial charge in [0.25, 0.3) is 0 Å². The van der Waals surface area contributed by atoms with E-state index in [-0.39, 0.29) is 11.8 Å². The highest BCUT2D eigenvalue weighted by molar-refractivity contribution is 7.55. The first-order chi connectivity index (χ1) is 7.85. The lowest BCUT2D eigenvalue weighted by Gasteiger charge is -2.24. The quantitative estimate of drug-likeness (QED) is 0.645. The molecule has 0 bridgehead atoms. The second-order valence-corrected chi connectivity index (χ2v) is 6.92. The van der Waals surface area contributed by atoms with Crippen LogP contribution in [-0.4, -0.2) is 11.8 Å². The molecule has 0 aromatic heterocycles. The van der Waals surface area contributed by atoms with Gasteiger partial charge in [0.1, 0.15) is 0 Å². The fourth-order valence-electron chi connectivity index (χ4n) is 1.24. The van der Waals surface area contributed by atoms with E-state index in [1.807, 2.05) is 27.7 Å². The molecule has 0 aliphatic heterocycles. The summed E-state index contributed by atoms with van der Waals surface area (Å²) in [7, 11) is -3.18. The molecule has 0 saturated carbocycles. The van der Waals surface area contributed by atoms with Crippen molar-refractivity contribution >= 4 is 13.3 Å². The average Bonchev–Trinajstić information content (AvgIpc) is 2.20. The molecule has 4 nitrogen and oxygen atoms in total. The topological polar surface area (TPSA) is 61.5 Å². The van der Waals surface area contributed by atoms with E-state index in [1.54, 1.807) is 24.3 Å².